The Morgan fingerprint density at radius 1 is 1.53 bits per heavy atom. The number of hydrogen-bond donors (Lipinski definition) is 1. The second-order valence-electron chi connectivity index (χ2n) is 4.77. The molecule has 1 aliphatic rings. The fraction of sp³-hybridized carbons (Fsp3) is 0.727. The Bertz CT molecular complexity index is 386. The normalized spacial score (nSPS) is 24.5. The predicted octanol–water partition coefficient (Wildman–Crippen LogP) is 3.29. The summed E-state index contributed by atoms with van der Waals surface area (Å²) >= 11 is 1.11. The summed E-state index contributed by atoms with van der Waals surface area (Å²) in [4.78, 5) is 14.1. The van der Waals surface area contributed by atoms with Crippen LogP contribution >= 0.6 is 11.3 Å². The van der Waals surface area contributed by atoms with Gasteiger partial charge in [0.15, 0.2) is 5.13 Å². The minimum absolute atomic E-state index is 0.102. The van der Waals surface area contributed by atoms with Crippen LogP contribution in [0.1, 0.15) is 32.6 Å². The van der Waals surface area contributed by atoms with Gasteiger partial charge in [0.1, 0.15) is 6.20 Å². The smallest absolute Gasteiger partial charge is 0.345 e. The van der Waals surface area contributed by atoms with E-state index in [2.05, 4.69) is 17.2 Å². The maximum atomic E-state index is 10.5. The Labute approximate surface area is 104 Å². The molecule has 5 nitrogen and oxygen atoms in total. The van der Waals surface area contributed by atoms with Crippen molar-refractivity contribution >= 4 is 21.5 Å². The number of nitrogens with one attached hydrogen (secondary N) is 1. The number of anilines is 1. The lowest BCUT2D eigenvalue weighted by Gasteiger charge is -2.26. The molecule has 1 saturated carbocycles. The third kappa shape index (κ3) is 3.39. The monoisotopic (exact) mass is 255 g/mol. The Morgan fingerprint density at radius 3 is 2.82 bits per heavy atom. The lowest BCUT2D eigenvalue weighted by molar-refractivity contribution is -0.380. The number of hydrogen-bond acceptors (Lipinski definition) is 5. The molecule has 0 amide bonds. The van der Waals surface area contributed by atoms with Gasteiger partial charge in [0.25, 0.3) is 0 Å². The average molecular weight is 255 g/mol. The SMILES string of the molecule is CC1CCC(CNc2ncc([N+](=O)[O-])s2)CC1. The zero-order valence-electron chi connectivity index (χ0n) is 9.89. The average Bonchev–Trinajstić information content (AvgIpc) is 2.77. The number of nitrogens with zero attached hydrogens (tertiary/aromatic N) is 2. The van der Waals surface area contributed by atoms with E-state index in [1.807, 2.05) is 0 Å². The topological polar surface area (TPSA) is 68.1 Å². The van der Waals surface area contributed by atoms with E-state index < -0.39 is 4.92 Å². The van der Waals surface area contributed by atoms with E-state index in [1.165, 1.54) is 31.9 Å². The first-order valence-electron chi connectivity index (χ1n) is 5.99. The van der Waals surface area contributed by atoms with Crippen molar-refractivity contribution in [2.45, 2.75) is 32.6 Å². The first-order valence-corrected chi connectivity index (χ1v) is 6.81. The van der Waals surface area contributed by atoms with Crippen LogP contribution in [-0.2, 0) is 0 Å². The zero-order chi connectivity index (χ0) is 12.3. The molecule has 1 heterocycles. The quantitative estimate of drug-likeness (QED) is 0.662. The molecular formula is C11H17N3O2S. The summed E-state index contributed by atoms with van der Waals surface area (Å²) in [5.74, 6) is 1.54. The number of thiazole rings is 1. The highest BCUT2D eigenvalue weighted by atomic mass is 32.1. The Morgan fingerprint density at radius 2 is 2.24 bits per heavy atom. The molecule has 1 aliphatic carbocycles. The van der Waals surface area contributed by atoms with Gasteiger partial charge < -0.3 is 5.32 Å². The molecule has 0 saturated heterocycles. The van der Waals surface area contributed by atoms with Gasteiger partial charge in [-0.25, -0.2) is 4.98 Å². The number of rotatable bonds is 4. The van der Waals surface area contributed by atoms with Crippen LogP contribution < -0.4 is 5.32 Å². The molecule has 2 rings (SSSR count). The first kappa shape index (κ1) is 12.3. The lowest BCUT2D eigenvalue weighted by atomic mass is 9.83. The Kier molecular flexibility index (Phi) is 3.93. The molecule has 0 spiro atoms. The van der Waals surface area contributed by atoms with Crippen molar-refractivity contribution in [1.82, 2.24) is 4.98 Å². The molecule has 0 atom stereocenters. The van der Waals surface area contributed by atoms with Crippen LogP contribution in [-0.4, -0.2) is 16.5 Å². The van der Waals surface area contributed by atoms with Gasteiger partial charge in [0, 0.05) is 6.54 Å². The molecule has 1 N–H and O–H groups in total. The molecule has 6 heteroatoms. The highest BCUT2D eigenvalue weighted by Crippen LogP contribution is 2.30. The molecule has 0 bridgehead atoms. The van der Waals surface area contributed by atoms with Gasteiger partial charge in [-0.2, -0.15) is 0 Å². The molecule has 17 heavy (non-hydrogen) atoms. The molecular weight excluding hydrogens is 238 g/mol. The fourth-order valence-corrected chi connectivity index (χ4v) is 2.84. The zero-order valence-corrected chi connectivity index (χ0v) is 10.7. The molecule has 94 valence electrons. The van der Waals surface area contributed by atoms with Crippen molar-refractivity contribution in [2.75, 3.05) is 11.9 Å². The molecule has 0 unspecified atom stereocenters. The van der Waals surface area contributed by atoms with Gasteiger partial charge in [-0.3, -0.25) is 10.1 Å². The molecule has 1 fully saturated rings. The van der Waals surface area contributed by atoms with Crippen molar-refractivity contribution in [2.24, 2.45) is 11.8 Å². The van der Waals surface area contributed by atoms with E-state index in [-0.39, 0.29) is 5.00 Å². The standard InChI is InChI=1S/C11H17N3O2S/c1-8-2-4-9(5-3-8)6-12-11-13-7-10(17-11)14(15)16/h7-9H,2-6H2,1H3,(H,12,13). The maximum Gasteiger partial charge on any atom is 0.345 e. The van der Waals surface area contributed by atoms with Crippen molar-refractivity contribution in [3.63, 3.8) is 0 Å². The van der Waals surface area contributed by atoms with Crippen LogP contribution in [0.2, 0.25) is 0 Å². The highest BCUT2D eigenvalue weighted by molar-refractivity contribution is 7.18. The van der Waals surface area contributed by atoms with Crippen molar-refractivity contribution in [1.29, 1.82) is 0 Å². The highest BCUT2D eigenvalue weighted by Gasteiger charge is 2.18. The summed E-state index contributed by atoms with van der Waals surface area (Å²) in [7, 11) is 0. The summed E-state index contributed by atoms with van der Waals surface area (Å²) in [6.45, 7) is 3.19. The van der Waals surface area contributed by atoms with Crippen molar-refractivity contribution in [3.8, 4) is 0 Å². The summed E-state index contributed by atoms with van der Waals surface area (Å²) in [6, 6.07) is 0. The van der Waals surface area contributed by atoms with Gasteiger partial charge in [-0.1, -0.05) is 19.8 Å². The third-order valence-electron chi connectivity index (χ3n) is 3.35. The van der Waals surface area contributed by atoms with Crippen molar-refractivity contribution in [3.05, 3.63) is 16.3 Å². The van der Waals surface area contributed by atoms with Gasteiger partial charge in [-0.15, -0.1) is 0 Å². The molecule has 1 aromatic rings. The second-order valence-corrected chi connectivity index (χ2v) is 5.78. The Hall–Kier alpha value is -1.17. The van der Waals surface area contributed by atoms with Gasteiger partial charge in [0.05, 0.1) is 4.92 Å². The largest absolute Gasteiger partial charge is 0.361 e. The van der Waals surface area contributed by atoms with Crippen LogP contribution in [0.3, 0.4) is 0 Å². The van der Waals surface area contributed by atoms with Crippen LogP contribution in [0, 0.1) is 22.0 Å². The van der Waals surface area contributed by atoms with Gasteiger partial charge in [0.2, 0.25) is 0 Å². The van der Waals surface area contributed by atoms with E-state index in [1.54, 1.807) is 0 Å². The minimum atomic E-state index is -0.398. The van der Waals surface area contributed by atoms with E-state index in [0.717, 1.165) is 23.8 Å². The molecule has 1 aromatic heterocycles. The summed E-state index contributed by atoms with van der Waals surface area (Å²) in [5.41, 5.74) is 0. The van der Waals surface area contributed by atoms with Crippen LogP contribution in [0.15, 0.2) is 6.20 Å². The third-order valence-corrected chi connectivity index (χ3v) is 4.26. The first-order chi connectivity index (χ1) is 8.15. The minimum Gasteiger partial charge on any atom is -0.361 e. The Balaban J connectivity index is 1.79. The predicted molar refractivity (Wildman–Crippen MR) is 68.4 cm³/mol. The van der Waals surface area contributed by atoms with Crippen molar-refractivity contribution < 1.29 is 4.92 Å². The van der Waals surface area contributed by atoms with Crippen LogP contribution in [0.25, 0.3) is 0 Å². The fourth-order valence-electron chi connectivity index (χ4n) is 2.20. The van der Waals surface area contributed by atoms with E-state index in [9.17, 15) is 10.1 Å². The van der Waals surface area contributed by atoms with E-state index >= 15 is 0 Å². The number of aromatic nitrogens is 1. The lowest BCUT2D eigenvalue weighted by Crippen LogP contribution is -2.20. The maximum absolute atomic E-state index is 10.5. The molecule has 0 radical (unpaired) electrons. The van der Waals surface area contributed by atoms with Crippen LogP contribution in [0.5, 0.6) is 0 Å². The summed E-state index contributed by atoms with van der Waals surface area (Å²) in [6.07, 6.45) is 6.41. The van der Waals surface area contributed by atoms with Gasteiger partial charge >= 0.3 is 5.00 Å². The summed E-state index contributed by atoms with van der Waals surface area (Å²) in [5, 5.41) is 14.5. The van der Waals surface area contributed by atoms with E-state index in [4.69, 9.17) is 0 Å². The molecule has 0 aromatic carbocycles. The van der Waals surface area contributed by atoms with Gasteiger partial charge in [-0.05, 0) is 36.0 Å². The second kappa shape index (κ2) is 5.44. The summed E-state index contributed by atoms with van der Waals surface area (Å²) < 4.78 is 0. The van der Waals surface area contributed by atoms with Crippen LogP contribution in [0.4, 0.5) is 10.1 Å². The number of nitro groups is 1. The van der Waals surface area contributed by atoms with E-state index in [0.29, 0.717) is 11.0 Å². The molecule has 0 aliphatic heterocycles.